The number of rotatable bonds is 2. The molecular weight excluding hydrogens is 396 g/mol. The number of anilines is 1. The lowest BCUT2D eigenvalue weighted by molar-refractivity contribution is -0.293. The van der Waals surface area contributed by atoms with Crippen LogP contribution in [0.1, 0.15) is 16.2 Å². The molecule has 158 valence electrons. The number of alkyl halides is 2. The topological polar surface area (TPSA) is 72.0 Å². The zero-order valence-electron chi connectivity index (χ0n) is 16.4. The summed E-state index contributed by atoms with van der Waals surface area (Å²) in [5.41, 5.74) is -0.371. The van der Waals surface area contributed by atoms with Crippen LogP contribution in [0.4, 0.5) is 14.5 Å². The van der Waals surface area contributed by atoms with E-state index in [0.29, 0.717) is 11.4 Å². The summed E-state index contributed by atoms with van der Waals surface area (Å²) in [6.45, 7) is 1.62. The smallest absolute Gasteiger partial charge is 0.376 e. The van der Waals surface area contributed by atoms with Crippen LogP contribution in [-0.2, 0) is 14.3 Å². The number of para-hydroxylation sites is 1. The lowest BCUT2D eigenvalue weighted by Gasteiger charge is -2.45. The van der Waals surface area contributed by atoms with Crippen LogP contribution in [0.15, 0.2) is 48.5 Å². The Kier molecular flexibility index (Phi) is 5.25. The van der Waals surface area contributed by atoms with Gasteiger partial charge in [0.2, 0.25) is 0 Å². The number of benzene rings is 1. The van der Waals surface area contributed by atoms with Crippen molar-refractivity contribution >= 4 is 17.5 Å². The van der Waals surface area contributed by atoms with Gasteiger partial charge in [-0.2, -0.15) is 8.78 Å². The zero-order valence-corrected chi connectivity index (χ0v) is 16.4. The van der Waals surface area contributed by atoms with Crippen LogP contribution in [-0.4, -0.2) is 66.3 Å². The molecule has 2 aliphatic rings. The van der Waals surface area contributed by atoms with Gasteiger partial charge < -0.3 is 14.5 Å². The van der Waals surface area contributed by atoms with Crippen molar-refractivity contribution in [2.45, 2.75) is 18.6 Å². The van der Waals surface area contributed by atoms with Crippen molar-refractivity contribution in [3.8, 4) is 0 Å². The van der Waals surface area contributed by atoms with Gasteiger partial charge in [-0.1, -0.05) is 24.3 Å². The summed E-state index contributed by atoms with van der Waals surface area (Å²) >= 11 is 0. The minimum atomic E-state index is -4.04. The molecule has 0 bridgehead atoms. The molecule has 2 amide bonds. The van der Waals surface area contributed by atoms with E-state index in [1.807, 2.05) is 0 Å². The Labute approximate surface area is 172 Å². The monoisotopic (exact) mass is 417 g/mol. The third-order valence-corrected chi connectivity index (χ3v) is 5.10. The molecule has 9 heteroatoms. The normalized spacial score (nSPS) is 24.0. The SMILES string of the molecule is Cc1cccc(C(=O)N2CCOCC3(C2)CN(c2ccccc2)C(=O)C(F)(F)O3)n1. The number of amides is 2. The first kappa shape index (κ1) is 20.4. The number of hydrogen-bond donors (Lipinski definition) is 0. The van der Waals surface area contributed by atoms with Gasteiger partial charge in [-0.15, -0.1) is 0 Å². The van der Waals surface area contributed by atoms with Gasteiger partial charge in [-0.25, -0.2) is 4.98 Å². The van der Waals surface area contributed by atoms with Crippen molar-refractivity contribution in [1.82, 2.24) is 9.88 Å². The second-order valence-corrected chi connectivity index (χ2v) is 7.47. The fourth-order valence-corrected chi connectivity index (χ4v) is 3.74. The molecular formula is C21H21F2N3O4. The van der Waals surface area contributed by atoms with Gasteiger partial charge in [0.1, 0.15) is 11.3 Å². The number of carbonyl (C=O) groups excluding carboxylic acids is 2. The van der Waals surface area contributed by atoms with E-state index < -0.39 is 23.5 Å². The standard InChI is InChI=1S/C21H21F2N3O4/c1-15-6-5-9-17(24-15)18(27)25-10-11-29-14-20(12-25)13-26(16-7-3-2-4-8-16)19(28)21(22,23)30-20/h2-9H,10-14H2,1H3. The molecule has 0 aliphatic carbocycles. The fraction of sp³-hybridized carbons (Fsp3) is 0.381. The van der Waals surface area contributed by atoms with Gasteiger partial charge in [-0.3, -0.25) is 14.3 Å². The maximum Gasteiger partial charge on any atom is 0.437 e. The first-order valence-electron chi connectivity index (χ1n) is 9.55. The lowest BCUT2D eigenvalue weighted by atomic mass is 10.00. The van der Waals surface area contributed by atoms with Gasteiger partial charge in [0, 0.05) is 17.9 Å². The van der Waals surface area contributed by atoms with E-state index in [1.54, 1.807) is 55.5 Å². The molecule has 2 fully saturated rings. The molecule has 0 radical (unpaired) electrons. The van der Waals surface area contributed by atoms with E-state index in [2.05, 4.69) is 4.98 Å². The average molecular weight is 417 g/mol. The Morgan fingerprint density at radius 1 is 1.10 bits per heavy atom. The van der Waals surface area contributed by atoms with Crippen LogP contribution in [0.25, 0.3) is 0 Å². The first-order valence-corrected chi connectivity index (χ1v) is 9.55. The second-order valence-electron chi connectivity index (χ2n) is 7.47. The molecule has 0 saturated carbocycles. The van der Waals surface area contributed by atoms with Gasteiger partial charge in [0.05, 0.1) is 26.3 Å². The number of morpholine rings is 1. The molecule has 1 spiro atoms. The van der Waals surface area contributed by atoms with Crippen LogP contribution in [0, 0.1) is 6.92 Å². The molecule has 1 unspecified atom stereocenters. The van der Waals surface area contributed by atoms with Gasteiger partial charge in [0.25, 0.3) is 5.91 Å². The highest BCUT2D eigenvalue weighted by Gasteiger charge is 2.58. The van der Waals surface area contributed by atoms with Crippen molar-refractivity contribution in [2.24, 2.45) is 0 Å². The van der Waals surface area contributed by atoms with E-state index in [-0.39, 0.29) is 38.5 Å². The van der Waals surface area contributed by atoms with Crippen molar-refractivity contribution < 1.29 is 27.8 Å². The van der Waals surface area contributed by atoms with Gasteiger partial charge in [0.15, 0.2) is 0 Å². The van der Waals surface area contributed by atoms with Crippen LogP contribution >= 0.6 is 0 Å². The zero-order chi connectivity index (χ0) is 21.4. The third-order valence-electron chi connectivity index (χ3n) is 5.10. The van der Waals surface area contributed by atoms with E-state index in [0.717, 1.165) is 4.90 Å². The maximum absolute atomic E-state index is 14.6. The number of pyridine rings is 1. The predicted molar refractivity (Wildman–Crippen MR) is 103 cm³/mol. The van der Waals surface area contributed by atoms with Crippen molar-refractivity contribution in [2.75, 3.05) is 37.7 Å². The highest BCUT2D eigenvalue weighted by molar-refractivity contribution is 5.98. The summed E-state index contributed by atoms with van der Waals surface area (Å²) in [5.74, 6) is -1.85. The second kappa shape index (κ2) is 7.73. The van der Waals surface area contributed by atoms with Crippen molar-refractivity contribution in [3.63, 3.8) is 0 Å². The van der Waals surface area contributed by atoms with Crippen LogP contribution in [0.2, 0.25) is 0 Å². The Morgan fingerprint density at radius 2 is 1.87 bits per heavy atom. The van der Waals surface area contributed by atoms with Gasteiger partial charge in [-0.05, 0) is 31.2 Å². The minimum Gasteiger partial charge on any atom is -0.376 e. The fourth-order valence-electron chi connectivity index (χ4n) is 3.74. The highest BCUT2D eigenvalue weighted by atomic mass is 19.3. The molecule has 30 heavy (non-hydrogen) atoms. The molecule has 4 rings (SSSR count). The molecule has 0 N–H and O–H groups in total. The molecule has 1 atom stereocenters. The van der Waals surface area contributed by atoms with E-state index in [4.69, 9.17) is 9.47 Å². The summed E-state index contributed by atoms with van der Waals surface area (Å²) in [6.07, 6.45) is -4.04. The predicted octanol–water partition coefficient (Wildman–Crippen LogP) is 2.26. The Balaban J connectivity index is 1.65. The molecule has 1 aromatic heterocycles. The molecule has 2 saturated heterocycles. The van der Waals surface area contributed by atoms with E-state index >= 15 is 0 Å². The number of aromatic nitrogens is 1. The number of aryl methyl sites for hydroxylation is 1. The summed E-state index contributed by atoms with van der Waals surface area (Å²) in [5, 5.41) is 0. The molecule has 7 nitrogen and oxygen atoms in total. The van der Waals surface area contributed by atoms with Gasteiger partial charge >= 0.3 is 12.0 Å². The number of hydrogen-bond acceptors (Lipinski definition) is 5. The average Bonchev–Trinajstić information content (AvgIpc) is 2.93. The Morgan fingerprint density at radius 3 is 2.60 bits per heavy atom. The summed E-state index contributed by atoms with van der Waals surface area (Å²) < 4.78 is 39.8. The molecule has 1 aromatic carbocycles. The van der Waals surface area contributed by atoms with E-state index in [1.165, 1.54) is 4.90 Å². The Bertz CT molecular complexity index is 956. The largest absolute Gasteiger partial charge is 0.437 e. The maximum atomic E-state index is 14.6. The molecule has 2 aromatic rings. The quantitative estimate of drug-likeness (QED) is 0.750. The number of carbonyl (C=O) groups is 2. The Hall–Kier alpha value is -2.91. The third kappa shape index (κ3) is 3.90. The summed E-state index contributed by atoms with van der Waals surface area (Å²) in [7, 11) is 0. The summed E-state index contributed by atoms with van der Waals surface area (Å²) in [4.78, 5) is 32.0. The number of nitrogens with zero attached hydrogens (tertiary/aromatic N) is 3. The van der Waals surface area contributed by atoms with Crippen LogP contribution < -0.4 is 4.90 Å². The van der Waals surface area contributed by atoms with Crippen molar-refractivity contribution in [3.05, 3.63) is 59.9 Å². The highest BCUT2D eigenvalue weighted by Crippen LogP contribution is 2.36. The first-order chi connectivity index (χ1) is 14.3. The molecule has 3 heterocycles. The van der Waals surface area contributed by atoms with Crippen molar-refractivity contribution in [1.29, 1.82) is 0 Å². The number of halogens is 2. The molecule has 2 aliphatic heterocycles. The minimum absolute atomic E-state index is 0.159. The number of ether oxygens (including phenoxy) is 2. The van der Waals surface area contributed by atoms with E-state index in [9.17, 15) is 18.4 Å². The van der Waals surface area contributed by atoms with Crippen LogP contribution in [0.5, 0.6) is 0 Å². The summed E-state index contributed by atoms with van der Waals surface area (Å²) in [6, 6.07) is 13.2. The lowest BCUT2D eigenvalue weighted by Crippen LogP contribution is -2.66. The van der Waals surface area contributed by atoms with Crippen LogP contribution in [0.3, 0.4) is 0 Å².